The van der Waals surface area contributed by atoms with Gasteiger partial charge in [0.15, 0.2) is 0 Å². The molecule has 0 fully saturated rings. The summed E-state index contributed by atoms with van der Waals surface area (Å²) in [6.07, 6.45) is 2.51. The highest BCUT2D eigenvalue weighted by Gasteiger charge is 2.25. The van der Waals surface area contributed by atoms with Gasteiger partial charge in [0.25, 0.3) is 0 Å². The van der Waals surface area contributed by atoms with Gasteiger partial charge in [0.05, 0.1) is 11.6 Å². The predicted molar refractivity (Wildman–Crippen MR) is 78.1 cm³/mol. The lowest BCUT2D eigenvalue weighted by Gasteiger charge is -2.16. The Labute approximate surface area is 120 Å². The summed E-state index contributed by atoms with van der Waals surface area (Å²) in [5, 5.41) is 9.19. The van der Waals surface area contributed by atoms with Crippen LogP contribution in [-0.4, -0.2) is 23.9 Å². The van der Waals surface area contributed by atoms with Crippen molar-refractivity contribution in [1.29, 1.82) is 5.26 Å². The van der Waals surface area contributed by atoms with E-state index in [-0.39, 0.29) is 5.91 Å². The predicted octanol–water partition coefficient (Wildman–Crippen LogP) is 2.54. The van der Waals surface area contributed by atoms with Crippen LogP contribution in [0.4, 0.5) is 5.69 Å². The summed E-state index contributed by atoms with van der Waals surface area (Å²) in [5.41, 5.74) is 8.52. The molecule has 98 valence electrons. The molecule has 1 aromatic rings. The van der Waals surface area contributed by atoms with Gasteiger partial charge < -0.3 is 10.6 Å². The van der Waals surface area contributed by atoms with Crippen LogP contribution in [0.1, 0.15) is 24.5 Å². The molecule has 0 saturated carbocycles. The Balaban J connectivity index is 2.44. The minimum Gasteiger partial charge on any atom is -0.398 e. The fourth-order valence-electron chi connectivity index (χ4n) is 2.18. The number of carbonyl (C=O) groups excluding carboxylic acids is 1. The summed E-state index contributed by atoms with van der Waals surface area (Å²) in [7, 11) is 0. The molecule has 0 saturated heterocycles. The number of nitrogens with two attached hydrogens (primary N) is 1. The third kappa shape index (κ3) is 2.49. The van der Waals surface area contributed by atoms with Crippen LogP contribution in [0.5, 0.6) is 0 Å². The van der Waals surface area contributed by atoms with Crippen LogP contribution in [0.15, 0.2) is 22.7 Å². The molecule has 1 aliphatic heterocycles. The maximum Gasteiger partial charge on any atom is 0.247 e. The molecule has 0 bridgehead atoms. The maximum absolute atomic E-state index is 11.9. The van der Waals surface area contributed by atoms with E-state index >= 15 is 0 Å². The molecular formula is C14H14BrN3O. The Kier molecular flexibility index (Phi) is 3.91. The summed E-state index contributed by atoms with van der Waals surface area (Å²) in [6, 6.07) is 5.52. The lowest BCUT2D eigenvalue weighted by molar-refractivity contribution is -0.124. The van der Waals surface area contributed by atoms with E-state index in [0.29, 0.717) is 22.3 Å². The van der Waals surface area contributed by atoms with Crippen molar-refractivity contribution < 1.29 is 4.79 Å². The van der Waals surface area contributed by atoms with Crippen molar-refractivity contribution in [3.63, 3.8) is 0 Å². The van der Waals surface area contributed by atoms with Crippen molar-refractivity contribution in [3.05, 3.63) is 33.8 Å². The molecule has 2 rings (SSSR count). The van der Waals surface area contributed by atoms with Crippen molar-refractivity contribution in [1.82, 2.24) is 4.90 Å². The number of halogens is 1. The third-order valence-electron chi connectivity index (χ3n) is 3.08. The lowest BCUT2D eigenvalue weighted by atomic mass is 10.00. The first-order valence-electron chi connectivity index (χ1n) is 6.06. The highest BCUT2D eigenvalue weighted by Crippen LogP contribution is 2.34. The maximum atomic E-state index is 11.9. The highest BCUT2D eigenvalue weighted by atomic mass is 79.9. The summed E-state index contributed by atoms with van der Waals surface area (Å²) >= 11 is 3.41. The van der Waals surface area contributed by atoms with Crippen LogP contribution < -0.4 is 5.73 Å². The highest BCUT2D eigenvalue weighted by molar-refractivity contribution is 9.10. The zero-order valence-electron chi connectivity index (χ0n) is 10.6. The number of hydrogen-bond donors (Lipinski definition) is 1. The molecule has 19 heavy (non-hydrogen) atoms. The average Bonchev–Trinajstić information content (AvgIpc) is 2.74. The molecule has 0 aliphatic carbocycles. The molecule has 0 atom stereocenters. The average molecular weight is 320 g/mol. The first-order chi connectivity index (χ1) is 9.08. The Bertz CT molecular complexity index is 601. The Morgan fingerprint density at radius 3 is 2.89 bits per heavy atom. The molecule has 1 aliphatic rings. The van der Waals surface area contributed by atoms with Gasteiger partial charge in [-0.25, -0.2) is 0 Å². The van der Waals surface area contributed by atoms with Gasteiger partial charge >= 0.3 is 0 Å². The van der Waals surface area contributed by atoms with E-state index in [1.807, 2.05) is 6.92 Å². The second-order valence-electron chi connectivity index (χ2n) is 4.43. The Morgan fingerprint density at radius 2 is 2.26 bits per heavy atom. The number of nitrogens with zero attached hydrogens (tertiary/aromatic N) is 2. The van der Waals surface area contributed by atoms with Gasteiger partial charge in [-0.1, -0.05) is 6.92 Å². The van der Waals surface area contributed by atoms with Gasteiger partial charge in [-0.3, -0.25) is 4.79 Å². The number of nitrogen functional groups attached to an aromatic ring is 1. The standard InChI is InChI=1S/C14H14BrN3O/c1-2-5-18-8-10(6-12(18)19)13-9(7-16)3-4-11(17)14(13)15/h3-4,6H,2,5,8,17H2,1H3. The zero-order chi connectivity index (χ0) is 14.0. The SMILES string of the molecule is CCCN1CC(c2c(C#N)ccc(N)c2Br)=CC1=O. The minimum absolute atomic E-state index is 0.00457. The molecule has 0 spiro atoms. The van der Waals surface area contributed by atoms with Crippen LogP contribution in [0.2, 0.25) is 0 Å². The number of anilines is 1. The number of hydrogen-bond acceptors (Lipinski definition) is 3. The van der Waals surface area contributed by atoms with Gasteiger partial charge in [-0.05, 0) is 40.1 Å². The van der Waals surface area contributed by atoms with Crippen molar-refractivity contribution in [2.24, 2.45) is 0 Å². The number of nitriles is 1. The Hall–Kier alpha value is -1.80. The van der Waals surface area contributed by atoms with Gasteiger partial charge in [-0.2, -0.15) is 5.26 Å². The lowest BCUT2D eigenvalue weighted by Crippen LogP contribution is -2.26. The molecule has 1 heterocycles. The van der Waals surface area contributed by atoms with Gasteiger partial charge in [0.2, 0.25) is 5.91 Å². The normalized spacial score (nSPS) is 14.5. The number of amides is 1. The fraction of sp³-hybridized carbons (Fsp3) is 0.286. The summed E-state index contributed by atoms with van der Waals surface area (Å²) in [6.45, 7) is 3.28. The molecular weight excluding hydrogens is 306 g/mol. The number of rotatable bonds is 3. The summed E-state index contributed by atoms with van der Waals surface area (Å²) in [5.74, 6) is -0.00457. The van der Waals surface area contributed by atoms with Crippen molar-refractivity contribution >= 4 is 33.1 Å². The fourth-order valence-corrected chi connectivity index (χ4v) is 2.78. The van der Waals surface area contributed by atoms with E-state index in [1.165, 1.54) is 0 Å². The van der Waals surface area contributed by atoms with Crippen LogP contribution >= 0.6 is 15.9 Å². The molecule has 0 radical (unpaired) electrons. The molecule has 1 aromatic carbocycles. The summed E-state index contributed by atoms with van der Waals surface area (Å²) in [4.78, 5) is 13.6. The summed E-state index contributed by atoms with van der Waals surface area (Å²) < 4.78 is 0.684. The van der Waals surface area contributed by atoms with Gasteiger partial charge in [0.1, 0.15) is 0 Å². The first-order valence-corrected chi connectivity index (χ1v) is 6.85. The zero-order valence-corrected chi connectivity index (χ0v) is 12.2. The van der Waals surface area contributed by atoms with Crippen molar-refractivity contribution in [2.45, 2.75) is 13.3 Å². The van der Waals surface area contributed by atoms with E-state index in [2.05, 4.69) is 22.0 Å². The monoisotopic (exact) mass is 319 g/mol. The van der Waals surface area contributed by atoms with Gasteiger partial charge in [0, 0.05) is 34.9 Å². The number of carbonyl (C=O) groups is 1. The molecule has 0 aromatic heterocycles. The van der Waals surface area contributed by atoms with E-state index in [1.54, 1.807) is 23.1 Å². The minimum atomic E-state index is -0.00457. The molecule has 1 amide bonds. The second-order valence-corrected chi connectivity index (χ2v) is 5.23. The van der Waals surface area contributed by atoms with E-state index in [0.717, 1.165) is 24.1 Å². The van der Waals surface area contributed by atoms with E-state index in [9.17, 15) is 10.1 Å². The second kappa shape index (κ2) is 5.45. The van der Waals surface area contributed by atoms with Crippen LogP contribution in [0, 0.1) is 11.3 Å². The van der Waals surface area contributed by atoms with Crippen LogP contribution in [0.25, 0.3) is 5.57 Å². The van der Waals surface area contributed by atoms with Crippen molar-refractivity contribution in [3.8, 4) is 6.07 Å². The molecule has 0 unspecified atom stereocenters. The van der Waals surface area contributed by atoms with E-state index in [4.69, 9.17) is 5.73 Å². The largest absolute Gasteiger partial charge is 0.398 e. The van der Waals surface area contributed by atoms with Gasteiger partial charge in [-0.15, -0.1) is 0 Å². The first kappa shape index (κ1) is 13.6. The molecule has 5 heteroatoms. The van der Waals surface area contributed by atoms with Crippen molar-refractivity contribution in [2.75, 3.05) is 18.8 Å². The quantitative estimate of drug-likeness (QED) is 0.870. The van der Waals surface area contributed by atoms with Crippen LogP contribution in [0.3, 0.4) is 0 Å². The smallest absolute Gasteiger partial charge is 0.247 e. The Morgan fingerprint density at radius 1 is 1.53 bits per heavy atom. The third-order valence-corrected chi connectivity index (χ3v) is 3.93. The number of benzene rings is 1. The topological polar surface area (TPSA) is 70.1 Å². The molecule has 4 nitrogen and oxygen atoms in total. The molecule has 2 N–H and O–H groups in total. The van der Waals surface area contributed by atoms with Crippen LogP contribution in [-0.2, 0) is 4.79 Å². The van der Waals surface area contributed by atoms with E-state index < -0.39 is 0 Å².